The number of halogens is 1. The molecule has 26 heavy (non-hydrogen) atoms. The van der Waals surface area contributed by atoms with Crippen LogP contribution in [0.2, 0.25) is 0 Å². The summed E-state index contributed by atoms with van der Waals surface area (Å²) in [5.41, 5.74) is 2.45. The Balaban J connectivity index is 0.00000243. The van der Waals surface area contributed by atoms with E-state index in [1.54, 1.807) is 0 Å². The van der Waals surface area contributed by atoms with Crippen molar-refractivity contribution >= 4 is 30.0 Å². The molecule has 2 aliphatic rings. The van der Waals surface area contributed by atoms with Gasteiger partial charge in [0.15, 0.2) is 0 Å². The summed E-state index contributed by atoms with van der Waals surface area (Å²) in [6.07, 6.45) is 2.68. The third-order valence-electron chi connectivity index (χ3n) is 5.93. The Kier molecular flexibility index (Phi) is 6.35. The second-order valence-electron chi connectivity index (χ2n) is 7.96. The topological polar surface area (TPSA) is 69.6 Å². The number of benzene rings is 1. The van der Waals surface area contributed by atoms with E-state index in [4.69, 9.17) is 0 Å². The van der Waals surface area contributed by atoms with Gasteiger partial charge in [0.1, 0.15) is 0 Å². The van der Waals surface area contributed by atoms with Crippen molar-refractivity contribution in [1.82, 2.24) is 4.90 Å². The smallest absolute Gasteiger partial charge is 0.311 e. The number of hydrogen-bond acceptors (Lipinski definition) is 3. The van der Waals surface area contributed by atoms with Crippen LogP contribution < -0.4 is 5.32 Å². The number of aryl methyl sites for hydroxylation is 1. The maximum absolute atomic E-state index is 12.6. The van der Waals surface area contributed by atoms with Crippen molar-refractivity contribution in [1.29, 1.82) is 0 Å². The first-order chi connectivity index (χ1) is 11.8. The number of hydrogen-bond donors (Lipinski definition) is 2. The molecule has 0 unspecified atom stereocenters. The van der Waals surface area contributed by atoms with Crippen LogP contribution in [-0.2, 0) is 9.59 Å². The molecule has 1 amide bonds. The molecule has 1 aliphatic heterocycles. The van der Waals surface area contributed by atoms with E-state index in [0.717, 1.165) is 36.1 Å². The van der Waals surface area contributed by atoms with Crippen LogP contribution >= 0.6 is 12.4 Å². The number of carboxylic acid groups (broad SMARTS) is 1. The Morgan fingerprint density at radius 3 is 2.73 bits per heavy atom. The standard InChI is InChI=1S/C20H28N2O3.ClH/c1-13(2)16-8-4-6-14(3)18(16)21-17(23)11-22-10-15-7-5-9-20(15,12-22)19(24)25;/h4,6,8,13,15H,5,7,9-12H2,1-3H3,(H,21,23)(H,24,25);1H/t15-,20+;/m0./s1. The fourth-order valence-electron chi connectivity index (χ4n) is 4.59. The Morgan fingerprint density at radius 1 is 1.38 bits per heavy atom. The van der Waals surface area contributed by atoms with Crippen molar-refractivity contribution in [3.8, 4) is 0 Å². The van der Waals surface area contributed by atoms with Crippen LogP contribution in [0.1, 0.15) is 50.2 Å². The van der Waals surface area contributed by atoms with Crippen molar-refractivity contribution in [2.75, 3.05) is 25.0 Å². The van der Waals surface area contributed by atoms with Gasteiger partial charge in [-0.05, 0) is 42.7 Å². The van der Waals surface area contributed by atoms with Crippen LogP contribution in [0.5, 0.6) is 0 Å². The number of nitrogens with zero attached hydrogens (tertiary/aromatic N) is 1. The second-order valence-corrected chi connectivity index (χ2v) is 7.96. The van der Waals surface area contributed by atoms with Crippen molar-refractivity contribution in [3.05, 3.63) is 29.3 Å². The van der Waals surface area contributed by atoms with Gasteiger partial charge in [0.2, 0.25) is 5.91 Å². The number of rotatable bonds is 5. The molecular weight excluding hydrogens is 352 g/mol. The van der Waals surface area contributed by atoms with Crippen LogP contribution in [-0.4, -0.2) is 41.5 Å². The van der Waals surface area contributed by atoms with E-state index >= 15 is 0 Å². The SMILES string of the molecule is Cc1cccc(C(C)C)c1NC(=O)CN1C[C@@H]2CCC[C@@]2(C(=O)O)C1.Cl. The predicted molar refractivity (Wildman–Crippen MR) is 105 cm³/mol. The third-order valence-corrected chi connectivity index (χ3v) is 5.93. The first-order valence-electron chi connectivity index (χ1n) is 9.18. The highest BCUT2D eigenvalue weighted by Gasteiger charge is 2.54. The Hall–Kier alpha value is -1.59. The van der Waals surface area contributed by atoms with Gasteiger partial charge in [-0.2, -0.15) is 0 Å². The highest BCUT2D eigenvalue weighted by molar-refractivity contribution is 5.94. The highest BCUT2D eigenvalue weighted by atomic mass is 35.5. The average molecular weight is 381 g/mol. The maximum atomic E-state index is 12.6. The lowest BCUT2D eigenvalue weighted by Gasteiger charge is -2.23. The van der Waals surface area contributed by atoms with Gasteiger partial charge in [-0.1, -0.05) is 38.5 Å². The van der Waals surface area contributed by atoms with Crippen molar-refractivity contribution in [2.45, 2.75) is 46.0 Å². The summed E-state index contributed by atoms with van der Waals surface area (Å²) >= 11 is 0. The molecule has 1 heterocycles. The number of nitrogens with one attached hydrogen (secondary N) is 1. The minimum atomic E-state index is -0.695. The number of fused-ring (bicyclic) bond motifs is 1. The number of carbonyl (C=O) groups excluding carboxylic acids is 1. The van der Waals surface area contributed by atoms with E-state index in [1.807, 2.05) is 30.0 Å². The first-order valence-corrected chi connectivity index (χ1v) is 9.18. The molecule has 2 fully saturated rings. The molecule has 144 valence electrons. The van der Waals surface area contributed by atoms with Gasteiger partial charge in [0.05, 0.1) is 12.0 Å². The van der Waals surface area contributed by atoms with E-state index < -0.39 is 11.4 Å². The molecule has 2 atom stereocenters. The van der Waals surface area contributed by atoms with Crippen LogP contribution in [0.4, 0.5) is 5.69 Å². The van der Waals surface area contributed by atoms with E-state index in [1.165, 1.54) is 0 Å². The molecule has 0 radical (unpaired) electrons. The molecule has 0 spiro atoms. The fourth-order valence-corrected chi connectivity index (χ4v) is 4.59. The van der Waals surface area contributed by atoms with Gasteiger partial charge in [-0.3, -0.25) is 14.5 Å². The second kappa shape index (κ2) is 7.97. The summed E-state index contributed by atoms with van der Waals surface area (Å²) in [5.74, 6) is -0.241. The summed E-state index contributed by atoms with van der Waals surface area (Å²) in [6.45, 7) is 7.69. The number of carbonyl (C=O) groups is 2. The van der Waals surface area contributed by atoms with E-state index in [9.17, 15) is 14.7 Å². The molecule has 1 aliphatic carbocycles. The molecule has 6 heteroatoms. The minimum absolute atomic E-state index is 0. The average Bonchev–Trinajstić information content (AvgIpc) is 3.06. The normalized spacial score (nSPS) is 25.0. The Morgan fingerprint density at radius 2 is 2.12 bits per heavy atom. The zero-order valence-electron chi connectivity index (χ0n) is 15.7. The summed E-state index contributed by atoms with van der Waals surface area (Å²) in [6, 6.07) is 6.06. The lowest BCUT2D eigenvalue weighted by Crippen LogP contribution is -2.37. The summed E-state index contributed by atoms with van der Waals surface area (Å²) in [5, 5.41) is 12.7. The molecule has 2 N–H and O–H groups in total. The Bertz CT molecular complexity index is 692. The van der Waals surface area contributed by atoms with E-state index in [2.05, 4.69) is 19.2 Å². The zero-order valence-corrected chi connectivity index (χ0v) is 16.6. The largest absolute Gasteiger partial charge is 0.481 e. The fraction of sp³-hybridized carbons (Fsp3) is 0.600. The summed E-state index contributed by atoms with van der Waals surface area (Å²) < 4.78 is 0. The van der Waals surface area contributed by atoms with Crippen LogP contribution in [0.15, 0.2) is 18.2 Å². The van der Waals surface area contributed by atoms with Gasteiger partial charge in [0, 0.05) is 18.8 Å². The van der Waals surface area contributed by atoms with Gasteiger partial charge in [0.25, 0.3) is 0 Å². The molecule has 1 saturated carbocycles. The molecule has 0 bridgehead atoms. The Labute approximate surface area is 161 Å². The first kappa shape index (κ1) is 20.7. The van der Waals surface area contributed by atoms with E-state index in [0.29, 0.717) is 19.0 Å². The summed E-state index contributed by atoms with van der Waals surface area (Å²) in [7, 11) is 0. The van der Waals surface area contributed by atoms with E-state index in [-0.39, 0.29) is 30.8 Å². The molecular formula is C20H29ClN2O3. The number of anilines is 1. The molecule has 3 rings (SSSR count). The van der Waals surface area contributed by atoms with Gasteiger partial charge >= 0.3 is 5.97 Å². The van der Waals surface area contributed by atoms with Crippen LogP contribution in [0.3, 0.4) is 0 Å². The number of para-hydroxylation sites is 1. The summed E-state index contributed by atoms with van der Waals surface area (Å²) in [4.78, 5) is 26.4. The molecule has 0 aromatic heterocycles. The van der Waals surface area contributed by atoms with Gasteiger partial charge in [-0.15, -0.1) is 12.4 Å². The quantitative estimate of drug-likeness (QED) is 0.817. The molecule has 1 saturated heterocycles. The molecule has 1 aromatic carbocycles. The van der Waals surface area contributed by atoms with Gasteiger partial charge in [-0.25, -0.2) is 0 Å². The minimum Gasteiger partial charge on any atom is -0.481 e. The van der Waals surface area contributed by atoms with Crippen molar-refractivity contribution in [3.63, 3.8) is 0 Å². The lowest BCUT2D eigenvalue weighted by molar-refractivity contribution is -0.149. The lowest BCUT2D eigenvalue weighted by atomic mass is 9.81. The third kappa shape index (κ3) is 3.74. The van der Waals surface area contributed by atoms with Crippen LogP contribution in [0, 0.1) is 18.3 Å². The maximum Gasteiger partial charge on any atom is 0.311 e. The van der Waals surface area contributed by atoms with Gasteiger partial charge < -0.3 is 10.4 Å². The highest BCUT2D eigenvalue weighted by Crippen LogP contribution is 2.48. The van der Waals surface area contributed by atoms with Crippen LogP contribution in [0.25, 0.3) is 0 Å². The number of aliphatic carboxylic acids is 1. The number of amides is 1. The monoisotopic (exact) mass is 380 g/mol. The van der Waals surface area contributed by atoms with Crippen molar-refractivity contribution in [2.24, 2.45) is 11.3 Å². The predicted octanol–water partition coefficient (Wildman–Crippen LogP) is 3.67. The molecule has 5 nitrogen and oxygen atoms in total. The number of likely N-dealkylation sites (tertiary alicyclic amines) is 1. The van der Waals surface area contributed by atoms with Crippen molar-refractivity contribution < 1.29 is 14.7 Å². The molecule has 1 aromatic rings. The zero-order chi connectivity index (χ0) is 18.2. The number of carboxylic acids is 1.